The highest BCUT2D eigenvalue weighted by molar-refractivity contribution is 5.00. The molecule has 0 amide bonds. The lowest BCUT2D eigenvalue weighted by molar-refractivity contribution is 0.239. The highest BCUT2D eigenvalue weighted by Gasteiger charge is 2.25. The molecule has 2 atom stereocenters. The summed E-state index contributed by atoms with van der Waals surface area (Å²) in [5.41, 5.74) is 1.76. The average Bonchev–Trinajstić information content (AvgIpc) is 2.17. The molecule has 0 aromatic carbocycles. The highest BCUT2D eigenvalue weighted by Crippen LogP contribution is 2.38. The van der Waals surface area contributed by atoms with Crippen LogP contribution in [0, 0.1) is 11.3 Å². The van der Waals surface area contributed by atoms with Gasteiger partial charge in [-0.15, -0.1) is 6.58 Å². The van der Waals surface area contributed by atoms with E-state index >= 15 is 0 Å². The predicted molar refractivity (Wildman–Crippen MR) is 75.7 cm³/mol. The Morgan fingerprint density at radius 1 is 1.38 bits per heavy atom. The van der Waals surface area contributed by atoms with E-state index < -0.39 is 0 Å². The SMILES string of the molecule is C=CCC(C)(CC(=C)CC)CC(C)CCC. The van der Waals surface area contributed by atoms with Crippen molar-refractivity contribution < 1.29 is 0 Å². The lowest BCUT2D eigenvalue weighted by Crippen LogP contribution is -2.20. The molecule has 94 valence electrons. The van der Waals surface area contributed by atoms with Gasteiger partial charge in [0, 0.05) is 0 Å². The maximum Gasteiger partial charge on any atom is -0.0252 e. The van der Waals surface area contributed by atoms with E-state index in [0.717, 1.165) is 25.2 Å². The van der Waals surface area contributed by atoms with Crippen LogP contribution in [0.1, 0.15) is 66.2 Å². The van der Waals surface area contributed by atoms with E-state index in [1.807, 2.05) is 0 Å². The maximum atomic E-state index is 4.16. The van der Waals surface area contributed by atoms with Crippen molar-refractivity contribution in [2.75, 3.05) is 0 Å². The van der Waals surface area contributed by atoms with Gasteiger partial charge in [0.1, 0.15) is 0 Å². The van der Waals surface area contributed by atoms with Crippen molar-refractivity contribution in [3.8, 4) is 0 Å². The second kappa shape index (κ2) is 7.70. The van der Waals surface area contributed by atoms with Crippen molar-refractivity contribution in [3.05, 3.63) is 24.8 Å². The molecule has 0 aliphatic carbocycles. The van der Waals surface area contributed by atoms with Crippen LogP contribution in [-0.4, -0.2) is 0 Å². The zero-order valence-corrected chi connectivity index (χ0v) is 11.8. The van der Waals surface area contributed by atoms with Crippen LogP contribution in [0.15, 0.2) is 24.8 Å². The number of allylic oxidation sites excluding steroid dienone is 2. The molecule has 0 aliphatic heterocycles. The largest absolute Gasteiger partial charge is 0.103 e. The van der Waals surface area contributed by atoms with Crippen LogP contribution < -0.4 is 0 Å². The Balaban J connectivity index is 4.42. The number of hydrogen-bond acceptors (Lipinski definition) is 0. The molecular formula is C16H30. The summed E-state index contributed by atoms with van der Waals surface area (Å²) in [6.45, 7) is 17.3. The monoisotopic (exact) mass is 222 g/mol. The minimum atomic E-state index is 0.378. The molecule has 0 fully saturated rings. The Labute approximate surface area is 103 Å². The second-order valence-corrected chi connectivity index (χ2v) is 5.68. The fourth-order valence-electron chi connectivity index (χ4n) is 2.74. The van der Waals surface area contributed by atoms with Crippen molar-refractivity contribution >= 4 is 0 Å². The molecular weight excluding hydrogens is 192 g/mol. The van der Waals surface area contributed by atoms with Gasteiger partial charge in [-0.2, -0.15) is 0 Å². The topological polar surface area (TPSA) is 0 Å². The molecule has 0 nitrogen and oxygen atoms in total. The molecule has 0 saturated carbocycles. The molecule has 0 spiro atoms. The second-order valence-electron chi connectivity index (χ2n) is 5.68. The zero-order chi connectivity index (χ0) is 12.6. The third kappa shape index (κ3) is 6.15. The van der Waals surface area contributed by atoms with E-state index in [9.17, 15) is 0 Å². The fraction of sp³-hybridized carbons (Fsp3) is 0.750. The molecule has 0 bridgehead atoms. The van der Waals surface area contributed by atoms with Crippen LogP contribution in [0.3, 0.4) is 0 Å². The van der Waals surface area contributed by atoms with Crippen LogP contribution >= 0.6 is 0 Å². The third-order valence-electron chi connectivity index (χ3n) is 3.44. The summed E-state index contributed by atoms with van der Waals surface area (Å²) in [5.74, 6) is 0.819. The van der Waals surface area contributed by atoms with Gasteiger partial charge in [0.25, 0.3) is 0 Å². The Hall–Kier alpha value is -0.520. The van der Waals surface area contributed by atoms with E-state index in [-0.39, 0.29) is 0 Å². The lowest BCUT2D eigenvalue weighted by atomic mass is 9.73. The van der Waals surface area contributed by atoms with Gasteiger partial charge >= 0.3 is 0 Å². The standard InChI is InChI=1S/C16H30/c1-7-10-15(5)13-16(6,11-8-2)12-14(4)9-3/h8,15H,2,4,7,9-13H2,1,3,5-6H3. The molecule has 0 N–H and O–H groups in total. The molecule has 0 rings (SSSR count). The number of hydrogen-bond donors (Lipinski definition) is 0. The average molecular weight is 222 g/mol. The molecule has 0 heterocycles. The van der Waals surface area contributed by atoms with Gasteiger partial charge in [-0.1, -0.05) is 58.8 Å². The predicted octanol–water partition coefficient (Wildman–Crippen LogP) is 5.75. The van der Waals surface area contributed by atoms with Gasteiger partial charge in [0.05, 0.1) is 0 Å². The van der Waals surface area contributed by atoms with E-state index in [0.29, 0.717) is 5.41 Å². The van der Waals surface area contributed by atoms with Crippen LogP contribution in [0.5, 0.6) is 0 Å². The first kappa shape index (κ1) is 15.5. The Kier molecular flexibility index (Phi) is 7.45. The first-order chi connectivity index (χ1) is 7.47. The molecule has 0 aromatic rings. The van der Waals surface area contributed by atoms with Crippen molar-refractivity contribution in [2.45, 2.75) is 66.2 Å². The van der Waals surface area contributed by atoms with Gasteiger partial charge in [-0.25, -0.2) is 0 Å². The summed E-state index contributed by atoms with van der Waals surface area (Å²) in [7, 11) is 0. The van der Waals surface area contributed by atoms with Gasteiger partial charge < -0.3 is 0 Å². The van der Waals surface area contributed by atoms with Crippen molar-refractivity contribution in [2.24, 2.45) is 11.3 Å². The van der Waals surface area contributed by atoms with E-state index in [1.165, 1.54) is 24.8 Å². The van der Waals surface area contributed by atoms with Crippen LogP contribution in [-0.2, 0) is 0 Å². The molecule has 0 saturated heterocycles. The molecule has 16 heavy (non-hydrogen) atoms. The summed E-state index contributed by atoms with van der Waals surface area (Å²) >= 11 is 0. The van der Waals surface area contributed by atoms with E-state index in [1.54, 1.807) is 0 Å². The van der Waals surface area contributed by atoms with Crippen molar-refractivity contribution in [1.82, 2.24) is 0 Å². The van der Waals surface area contributed by atoms with E-state index in [4.69, 9.17) is 0 Å². The van der Waals surface area contributed by atoms with Crippen LogP contribution in [0.4, 0.5) is 0 Å². The van der Waals surface area contributed by atoms with Gasteiger partial charge in [-0.05, 0) is 37.0 Å². The Bertz CT molecular complexity index is 214. The lowest BCUT2D eigenvalue weighted by Gasteiger charge is -2.32. The van der Waals surface area contributed by atoms with E-state index in [2.05, 4.69) is 46.9 Å². The zero-order valence-electron chi connectivity index (χ0n) is 11.8. The molecule has 0 aliphatic rings. The highest BCUT2D eigenvalue weighted by atomic mass is 14.3. The first-order valence-electron chi connectivity index (χ1n) is 6.75. The summed E-state index contributed by atoms with van der Waals surface area (Å²) < 4.78 is 0. The fourth-order valence-corrected chi connectivity index (χ4v) is 2.74. The van der Waals surface area contributed by atoms with Crippen molar-refractivity contribution in [1.29, 1.82) is 0 Å². The summed E-state index contributed by atoms with van der Waals surface area (Å²) in [6, 6.07) is 0. The minimum Gasteiger partial charge on any atom is -0.103 e. The van der Waals surface area contributed by atoms with Crippen LogP contribution in [0.2, 0.25) is 0 Å². The van der Waals surface area contributed by atoms with Crippen molar-refractivity contribution in [3.63, 3.8) is 0 Å². The summed E-state index contributed by atoms with van der Waals surface area (Å²) in [6.07, 6.45) is 9.37. The Morgan fingerprint density at radius 3 is 2.44 bits per heavy atom. The molecule has 0 radical (unpaired) electrons. The molecule has 0 aromatic heterocycles. The third-order valence-corrected chi connectivity index (χ3v) is 3.44. The Morgan fingerprint density at radius 2 is 2.00 bits per heavy atom. The van der Waals surface area contributed by atoms with Gasteiger partial charge in [0.2, 0.25) is 0 Å². The summed E-state index contributed by atoms with van der Waals surface area (Å²) in [5, 5.41) is 0. The quantitative estimate of drug-likeness (QED) is 0.436. The first-order valence-corrected chi connectivity index (χ1v) is 6.75. The number of rotatable bonds is 9. The smallest absolute Gasteiger partial charge is 0.0252 e. The molecule has 0 heteroatoms. The van der Waals surface area contributed by atoms with Crippen LogP contribution in [0.25, 0.3) is 0 Å². The minimum absolute atomic E-state index is 0.378. The summed E-state index contributed by atoms with van der Waals surface area (Å²) in [4.78, 5) is 0. The van der Waals surface area contributed by atoms with Gasteiger partial charge in [-0.3, -0.25) is 0 Å². The normalized spacial score (nSPS) is 16.5. The maximum absolute atomic E-state index is 4.16. The van der Waals surface area contributed by atoms with Gasteiger partial charge in [0.15, 0.2) is 0 Å². The molecule has 2 unspecified atom stereocenters.